The van der Waals surface area contributed by atoms with Gasteiger partial charge in [0.15, 0.2) is 0 Å². The highest BCUT2D eigenvalue weighted by atomic mass is 16.2. The van der Waals surface area contributed by atoms with Crippen LogP contribution in [-0.4, -0.2) is 40.4 Å². The normalized spacial score (nSPS) is 16.2. The van der Waals surface area contributed by atoms with Crippen LogP contribution in [0, 0.1) is 5.92 Å². The van der Waals surface area contributed by atoms with Crippen LogP contribution in [-0.2, 0) is 0 Å². The first kappa shape index (κ1) is 14.8. The maximum atomic E-state index is 12.3. The van der Waals surface area contributed by atoms with Crippen molar-refractivity contribution >= 4 is 11.7 Å². The van der Waals surface area contributed by atoms with E-state index in [9.17, 15) is 4.79 Å². The topological polar surface area (TPSA) is 58.1 Å². The monoisotopic (exact) mass is 276 g/mol. The van der Waals surface area contributed by atoms with Gasteiger partial charge in [-0.2, -0.15) is 0 Å². The summed E-state index contributed by atoms with van der Waals surface area (Å²) in [6.07, 6.45) is 7.93. The molecule has 0 saturated carbocycles. The molecule has 110 valence electrons. The summed E-state index contributed by atoms with van der Waals surface area (Å²) < 4.78 is 0. The number of hydrogen-bond donors (Lipinski definition) is 1. The van der Waals surface area contributed by atoms with Crippen LogP contribution < -0.4 is 5.32 Å². The molecule has 2 heterocycles. The van der Waals surface area contributed by atoms with Gasteiger partial charge in [-0.1, -0.05) is 19.8 Å². The summed E-state index contributed by atoms with van der Waals surface area (Å²) in [6.45, 7) is 6.72. The van der Waals surface area contributed by atoms with Crippen LogP contribution in [0.2, 0.25) is 0 Å². The average molecular weight is 276 g/mol. The van der Waals surface area contributed by atoms with Gasteiger partial charge < -0.3 is 10.2 Å². The molecular formula is C15H24N4O. The van der Waals surface area contributed by atoms with Gasteiger partial charge in [-0.25, -0.2) is 9.97 Å². The maximum absolute atomic E-state index is 12.3. The highest BCUT2D eigenvalue weighted by Crippen LogP contribution is 2.22. The van der Waals surface area contributed by atoms with Gasteiger partial charge in [0.25, 0.3) is 5.91 Å². The van der Waals surface area contributed by atoms with Gasteiger partial charge in [-0.05, 0) is 25.7 Å². The summed E-state index contributed by atoms with van der Waals surface area (Å²) in [6, 6.07) is 0. The van der Waals surface area contributed by atoms with Crippen LogP contribution >= 0.6 is 0 Å². The summed E-state index contributed by atoms with van der Waals surface area (Å²) in [5.41, 5.74) is 0.445. The summed E-state index contributed by atoms with van der Waals surface area (Å²) in [5, 5.41) is 3.07. The minimum absolute atomic E-state index is 0.00972. The number of amides is 1. The van der Waals surface area contributed by atoms with Gasteiger partial charge >= 0.3 is 0 Å². The number of carbonyl (C=O) groups excluding carboxylic acids is 1. The van der Waals surface area contributed by atoms with Crippen molar-refractivity contribution in [3.05, 3.63) is 18.1 Å². The third-order valence-corrected chi connectivity index (χ3v) is 3.83. The molecule has 1 aliphatic rings. The molecule has 5 nitrogen and oxygen atoms in total. The molecule has 0 aliphatic carbocycles. The fraction of sp³-hybridized carbons (Fsp3) is 0.667. The highest BCUT2D eigenvalue weighted by Gasteiger charge is 2.23. The van der Waals surface area contributed by atoms with Crippen molar-refractivity contribution < 1.29 is 4.79 Å². The molecule has 1 aliphatic heterocycles. The minimum atomic E-state index is 0.00972. The number of piperidine rings is 1. The largest absolute Gasteiger partial charge is 0.369 e. The summed E-state index contributed by atoms with van der Waals surface area (Å²) in [4.78, 5) is 22.7. The fourth-order valence-corrected chi connectivity index (χ4v) is 2.71. The second-order valence-corrected chi connectivity index (χ2v) is 5.34. The quantitative estimate of drug-likeness (QED) is 0.898. The molecule has 1 aromatic heterocycles. The number of hydrogen-bond acceptors (Lipinski definition) is 4. The van der Waals surface area contributed by atoms with Crippen LogP contribution in [0.15, 0.2) is 12.4 Å². The van der Waals surface area contributed by atoms with Gasteiger partial charge in [0, 0.05) is 19.6 Å². The lowest BCUT2D eigenvalue weighted by Crippen LogP contribution is -2.38. The second kappa shape index (κ2) is 7.22. The zero-order chi connectivity index (χ0) is 14.4. The molecule has 0 bridgehead atoms. The van der Waals surface area contributed by atoms with Crippen molar-refractivity contribution in [3.8, 4) is 0 Å². The first-order chi connectivity index (χ1) is 9.74. The van der Waals surface area contributed by atoms with Gasteiger partial charge in [0.2, 0.25) is 0 Å². The lowest BCUT2D eigenvalue weighted by atomic mass is 9.92. The molecule has 0 unspecified atom stereocenters. The van der Waals surface area contributed by atoms with E-state index in [0.717, 1.165) is 38.4 Å². The molecule has 1 fully saturated rings. The SMILES string of the molecule is CCCC1CCN(C(=O)c2cnc(NCC)cn2)CC1. The molecular weight excluding hydrogens is 252 g/mol. The molecule has 2 rings (SSSR count). The Hall–Kier alpha value is -1.65. The molecule has 20 heavy (non-hydrogen) atoms. The summed E-state index contributed by atoms with van der Waals surface area (Å²) in [5.74, 6) is 1.51. The van der Waals surface area contributed by atoms with Crippen molar-refractivity contribution in [2.45, 2.75) is 39.5 Å². The van der Waals surface area contributed by atoms with Crippen molar-refractivity contribution in [2.24, 2.45) is 5.92 Å². The van der Waals surface area contributed by atoms with E-state index < -0.39 is 0 Å². The first-order valence-electron chi connectivity index (χ1n) is 7.59. The lowest BCUT2D eigenvalue weighted by Gasteiger charge is -2.31. The number of likely N-dealkylation sites (tertiary alicyclic amines) is 1. The molecule has 1 aromatic rings. The average Bonchev–Trinajstić information content (AvgIpc) is 2.49. The Kier molecular flexibility index (Phi) is 5.32. The van der Waals surface area contributed by atoms with Crippen LogP contribution in [0.5, 0.6) is 0 Å². The van der Waals surface area contributed by atoms with Gasteiger partial charge in [0.05, 0.1) is 12.4 Å². The predicted octanol–water partition coefficient (Wildman–Crippen LogP) is 2.56. The zero-order valence-electron chi connectivity index (χ0n) is 12.4. The van der Waals surface area contributed by atoms with E-state index in [1.807, 2.05) is 11.8 Å². The Bertz CT molecular complexity index is 424. The van der Waals surface area contributed by atoms with Gasteiger partial charge in [-0.3, -0.25) is 4.79 Å². The molecule has 1 saturated heterocycles. The summed E-state index contributed by atoms with van der Waals surface area (Å²) in [7, 11) is 0. The van der Waals surface area contributed by atoms with E-state index in [-0.39, 0.29) is 5.91 Å². The Balaban J connectivity index is 1.91. The van der Waals surface area contributed by atoms with Crippen molar-refractivity contribution in [2.75, 3.05) is 25.0 Å². The van der Waals surface area contributed by atoms with Crippen LogP contribution in [0.1, 0.15) is 50.0 Å². The Morgan fingerprint density at radius 2 is 2.05 bits per heavy atom. The van der Waals surface area contributed by atoms with Crippen molar-refractivity contribution in [1.29, 1.82) is 0 Å². The molecule has 0 spiro atoms. The standard InChI is InChI=1S/C15H24N4O/c1-3-5-12-6-8-19(9-7-12)15(20)13-10-18-14(11-17-13)16-4-2/h10-12H,3-9H2,1-2H3,(H,16,18). The Labute approximate surface area is 120 Å². The molecule has 0 radical (unpaired) electrons. The molecule has 5 heteroatoms. The molecule has 1 N–H and O–H groups in total. The smallest absolute Gasteiger partial charge is 0.274 e. The third kappa shape index (κ3) is 3.68. The van der Waals surface area contributed by atoms with E-state index in [4.69, 9.17) is 0 Å². The van der Waals surface area contributed by atoms with E-state index >= 15 is 0 Å². The maximum Gasteiger partial charge on any atom is 0.274 e. The third-order valence-electron chi connectivity index (χ3n) is 3.83. The van der Waals surface area contributed by atoms with Crippen molar-refractivity contribution in [3.63, 3.8) is 0 Å². The predicted molar refractivity (Wildman–Crippen MR) is 79.7 cm³/mol. The Morgan fingerprint density at radius 3 is 2.60 bits per heavy atom. The molecule has 1 amide bonds. The van der Waals surface area contributed by atoms with Crippen molar-refractivity contribution in [1.82, 2.24) is 14.9 Å². The highest BCUT2D eigenvalue weighted by molar-refractivity contribution is 5.92. The number of rotatable bonds is 5. The molecule has 0 atom stereocenters. The number of anilines is 1. The van der Waals surface area contributed by atoms with Crippen LogP contribution in [0.3, 0.4) is 0 Å². The van der Waals surface area contributed by atoms with Crippen LogP contribution in [0.25, 0.3) is 0 Å². The van der Waals surface area contributed by atoms with E-state index in [0.29, 0.717) is 11.5 Å². The van der Waals surface area contributed by atoms with Gasteiger partial charge in [-0.15, -0.1) is 0 Å². The first-order valence-corrected chi connectivity index (χ1v) is 7.59. The number of carbonyl (C=O) groups is 1. The second-order valence-electron chi connectivity index (χ2n) is 5.34. The fourth-order valence-electron chi connectivity index (χ4n) is 2.71. The Morgan fingerprint density at radius 1 is 1.30 bits per heavy atom. The minimum Gasteiger partial charge on any atom is -0.369 e. The molecule has 0 aromatic carbocycles. The summed E-state index contributed by atoms with van der Waals surface area (Å²) >= 11 is 0. The van der Waals surface area contributed by atoms with Crippen LogP contribution in [0.4, 0.5) is 5.82 Å². The van der Waals surface area contributed by atoms with E-state index in [1.165, 1.54) is 12.8 Å². The van der Waals surface area contributed by atoms with Gasteiger partial charge in [0.1, 0.15) is 11.5 Å². The number of nitrogens with zero attached hydrogens (tertiary/aromatic N) is 3. The number of nitrogens with one attached hydrogen (secondary N) is 1. The lowest BCUT2D eigenvalue weighted by molar-refractivity contribution is 0.0680. The van der Waals surface area contributed by atoms with E-state index in [2.05, 4.69) is 22.2 Å². The number of aromatic nitrogens is 2. The zero-order valence-corrected chi connectivity index (χ0v) is 12.4. The van der Waals surface area contributed by atoms with E-state index in [1.54, 1.807) is 12.4 Å².